The molecule has 4 rings (SSSR count). The second-order valence-electron chi connectivity index (χ2n) is 8.30. The molecule has 31 heavy (non-hydrogen) atoms. The van der Waals surface area contributed by atoms with Crippen LogP contribution in [-0.4, -0.2) is 43.8 Å². The van der Waals surface area contributed by atoms with Crippen LogP contribution in [0.1, 0.15) is 55.5 Å². The van der Waals surface area contributed by atoms with Gasteiger partial charge in [-0.25, -0.2) is 4.52 Å². The fourth-order valence-electron chi connectivity index (χ4n) is 3.94. The van der Waals surface area contributed by atoms with E-state index in [1.165, 1.54) is 6.20 Å². The number of carbonyl (C=O) groups is 1. The van der Waals surface area contributed by atoms with E-state index in [-0.39, 0.29) is 24.1 Å². The molecule has 8 nitrogen and oxygen atoms in total. The van der Waals surface area contributed by atoms with Gasteiger partial charge in [0, 0.05) is 18.3 Å². The van der Waals surface area contributed by atoms with Gasteiger partial charge in [0.1, 0.15) is 6.07 Å². The molecule has 0 radical (unpaired) electrons. The van der Waals surface area contributed by atoms with Gasteiger partial charge in [-0.05, 0) is 63.8 Å². The number of anilines is 1. The van der Waals surface area contributed by atoms with E-state index in [9.17, 15) is 9.90 Å². The molecule has 0 unspecified atom stereocenters. The van der Waals surface area contributed by atoms with Gasteiger partial charge >= 0.3 is 0 Å². The van der Waals surface area contributed by atoms with E-state index in [1.54, 1.807) is 16.8 Å². The van der Waals surface area contributed by atoms with Gasteiger partial charge in [-0.15, -0.1) is 0 Å². The number of fused-ring (bicyclic) bond motifs is 1. The second kappa shape index (κ2) is 8.74. The Balaban J connectivity index is 1.64. The molecule has 1 aliphatic rings. The number of nitriles is 1. The molecule has 1 saturated carbocycles. The molecule has 3 aromatic heterocycles. The molecule has 1 fully saturated rings. The lowest BCUT2D eigenvalue weighted by Crippen LogP contribution is -2.39. The van der Waals surface area contributed by atoms with Gasteiger partial charge in [-0.1, -0.05) is 0 Å². The fourth-order valence-corrected chi connectivity index (χ4v) is 3.94. The highest BCUT2D eigenvalue weighted by molar-refractivity contribution is 6.00. The standard InChI is InChI=1S/C23H26N6O2/c1-14(2)27-20-10-21(22-8-5-17-9-15(11-24)12-26-29(17)22)25-13-19(20)23(31)28-16-3-6-18(30)7-4-16/h5,8-10,12-14,16,18,30H,3-4,6-7H2,1-2H3,(H,25,27)(H,28,31). The molecular formula is C23H26N6O2. The third kappa shape index (κ3) is 4.52. The molecule has 0 atom stereocenters. The van der Waals surface area contributed by atoms with E-state index in [0.717, 1.165) is 24.1 Å². The Labute approximate surface area is 180 Å². The zero-order valence-electron chi connectivity index (χ0n) is 17.7. The Kier molecular flexibility index (Phi) is 5.87. The molecule has 3 heterocycles. The number of nitrogens with zero attached hydrogens (tertiary/aromatic N) is 4. The quantitative estimate of drug-likeness (QED) is 0.586. The number of hydrogen-bond acceptors (Lipinski definition) is 6. The Bertz CT molecular complexity index is 1140. The molecule has 3 aromatic rings. The van der Waals surface area contributed by atoms with Crippen LogP contribution >= 0.6 is 0 Å². The normalized spacial score (nSPS) is 18.7. The van der Waals surface area contributed by atoms with Crippen molar-refractivity contribution in [3.8, 4) is 17.5 Å². The molecule has 0 saturated heterocycles. The zero-order chi connectivity index (χ0) is 22.0. The molecule has 0 spiro atoms. The summed E-state index contributed by atoms with van der Waals surface area (Å²) in [5, 5.41) is 29.6. The molecule has 1 aliphatic carbocycles. The van der Waals surface area contributed by atoms with Crippen molar-refractivity contribution in [1.29, 1.82) is 5.26 Å². The summed E-state index contributed by atoms with van der Waals surface area (Å²) >= 11 is 0. The highest BCUT2D eigenvalue weighted by Crippen LogP contribution is 2.26. The third-order valence-electron chi connectivity index (χ3n) is 5.52. The SMILES string of the molecule is CC(C)Nc1cc(-c2ccc3cc(C#N)cnn23)ncc1C(=O)NC1CCC(O)CC1. The maximum absolute atomic E-state index is 13.0. The van der Waals surface area contributed by atoms with Gasteiger partial charge in [0.25, 0.3) is 5.91 Å². The third-order valence-corrected chi connectivity index (χ3v) is 5.52. The minimum atomic E-state index is -0.262. The van der Waals surface area contributed by atoms with Crippen molar-refractivity contribution in [1.82, 2.24) is 19.9 Å². The molecule has 8 heteroatoms. The topological polar surface area (TPSA) is 115 Å². The first-order valence-corrected chi connectivity index (χ1v) is 10.6. The van der Waals surface area contributed by atoms with Crippen molar-refractivity contribution in [3.05, 3.63) is 47.8 Å². The lowest BCUT2D eigenvalue weighted by Gasteiger charge is -2.26. The summed E-state index contributed by atoms with van der Waals surface area (Å²) in [6, 6.07) is 9.71. The Morgan fingerprint density at radius 2 is 2.00 bits per heavy atom. The lowest BCUT2D eigenvalue weighted by molar-refractivity contribution is 0.0868. The first-order chi connectivity index (χ1) is 14.9. The summed E-state index contributed by atoms with van der Waals surface area (Å²) in [7, 11) is 0. The number of aromatic nitrogens is 3. The van der Waals surface area contributed by atoms with Gasteiger partial charge in [-0.2, -0.15) is 10.4 Å². The van der Waals surface area contributed by atoms with Crippen molar-refractivity contribution in [2.24, 2.45) is 0 Å². The summed E-state index contributed by atoms with van der Waals surface area (Å²) in [6.07, 6.45) is 5.82. The number of aliphatic hydroxyl groups excluding tert-OH is 1. The largest absolute Gasteiger partial charge is 0.393 e. The first-order valence-electron chi connectivity index (χ1n) is 10.6. The first kappa shape index (κ1) is 20.8. The van der Waals surface area contributed by atoms with E-state index in [2.05, 4.69) is 26.8 Å². The van der Waals surface area contributed by atoms with Crippen LogP contribution in [-0.2, 0) is 0 Å². The highest BCUT2D eigenvalue weighted by Gasteiger charge is 2.23. The highest BCUT2D eigenvalue weighted by atomic mass is 16.3. The van der Waals surface area contributed by atoms with E-state index < -0.39 is 0 Å². The number of amides is 1. The predicted octanol–water partition coefficient (Wildman–Crippen LogP) is 3.12. The van der Waals surface area contributed by atoms with Crippen molar-refractivity contribution < 1.29 is 9.90 Å². The van der Waals surface area contributed by atoms with Crippen LogP contribution in [0.2, 0.25) is 0 Å². The molecule has 1 amide bonds. The summed E-state index contributed by atoms with van der Waals surface area (Å²) in [6.45, 7) is 4.03. The van der Waals surface area contributed by atoms with Gasteiger partial charge in [0.2, 0.25) is 0 Å². The smallest absolute Gasteiger partial charge is 0.255 e. The summed E-state index contributed by atoms with van der Waals surface area (Å²) in [4.78, 5) is 17.5. The van der Waals surface area contributed by atoms with Crippen molar-refractivity contribution in [2.75, 3.05) is 5.32 Å². The number of pyridine rings is 1. The monoisotopic (exact) mass is 418 g/mol. The number of hydrogen-bond donors (Lipinski definition) is 3. The average molecular weight is 419 g/mol. The molecule has 3 N–H and O–H groups in total. The molecular weight excluding hydrogens is 392 g/mol. The van der Waals surface area contributed by atoms with Crippen LogP contribution in [0.15, 0.2) is 36.7 Å². The maximum atomic E-state index is 13.0. The maximum Gasteiger partial charge on any atom is 0.255 e. The average Bonchev–Trinajstić information content (AvgIpc) is 3.18. The molecule has 160 valence electrons. The number of nitrogens with one attached hydrogen (secondary N) is 2. The van der Waals surface area contributed by atoms with E-state index >= 15 is 0 Å². The van der Waals surface area contributed by atoms with Gasteiger partial charge in [0.05, 0.1) is 46.0 Å². The number of aliphatic hydroxyl groups is 1. The van der Waals surface area contributed by atoms with Crippen LogP contribution in [0.5, 0.6) is 0 Å². The van der Waals surface area contributed by atoms with Crippen LogP contribution in [0, 0.1) is 11.3 Å². The summed E-state index contributed by atoms with van der Waals surface area (Å²) < 4.78 is 1.73. The van der Waals surface area contributed by atoms with Crippen molar-refractivity contribution >= 4 is 17.1 Å². The van der Waals surface area contributed by atoms with Crippen LogP contribution in [0.4, 0.5) is 5.69 Å². The van der Waals surface area contributed by atoms with Gasteiger partial charge in [0.15, 0.2) is 0 Å². The predicted molar refractivity (Wildman–Crippen MR) is 118 cm³/mol. The minimum absolute atomic E-state index is 0.0654. The molecule has 0 aliphatic heterocycles. The molecule has 0 aromatic carbocycles. The van der Waals surface area contributed by atoms with Crippen LogP contribution in [0.3, 0.4) is 0 Å². The Morgan fingerprint density at radius 1 is 1.23 bits per heavy atom. The van der Waals surface area contributed by atoms with Crippen LogP contribution < -0.4 is 10.6 Å². The van der Waals surface area contributed by atoms with E-state index in [1.807, 2.05) is 32.0 Å². The minimum Gasteiger partial charge on any atom is -0.393 e. The van der Waals surface area contributed by atoms with Crippen molar-refractivity contribution in [3.63, 3.8) is 0 Å². The van der Waals surface area contributed by atoms with Crippen LogP contribution in [0.25, 0.3) is 16.9 Å². The van der Waals surface area contributed by atoms with E-state index in [0.29, 0.717) is 35.3 Å². The molecule has 0 bridgehead atoms. The number of rotatable bonds is 5. The second-order valence-corrected chi connectivity index (χ2v) is 8.30. The van der Waals surface area contributed by atoms with Crippen molar-refractivity contribution in [2.45, 2.75) is 57.7 Å². The number of carbonyl (C=O) groups excluding carboxylic acids is 1. The van der Waals surface area contributed by atoms with Gasteiger partial charge < -0.3 is 15.7 Å². The zero-order valence-corrected chi connectivity index (χ0v) is 17.7. The van der Waals surface area contributed by atoms with E-state index in [4.69, 9.17) is 5.26 Å². The summed E-state index contributed by atoms with van der Waals surface area (Å²) in [5.41, 5.74) is 3.95. The fraction of sp³-hybridized carbons (Fsp3) is 0.391. The van der Waals surface area contributed by atoms with Gasteiger partial charge in [-0.3, -0.25) is 9.78 Å². The Hall–Kier alpha value is -3.44. The lowest BCUT2D eigenvalue weighted by atomic mass is 9.93. The Morgan fingerprint density at radius 3 is 2.71 bits per heavy atom. The summed E-state index contributed by atoms with van der Waals surface area (Å²) in [5.74, 6) is -0.166.